The monoisotopic (exact) mass is 389 g/mol. The van der Waals surface area contributed by atoms with Gasteiger partial charge in [0.1, 0.15) is 0 Å². The zero-order chi connectivity index (χ0) is 18.7. The number of benzene rings is 2. The molecule has 3 aromatic rings. The second-order valence-corrected chi connectivity index (χ2v) is 8.45. The number of aryl methyl sites for hydroxylation is 1. The third-order valence-corrected chi connectivity index (χ3v) is 5.80. The van der Waals surface area contributed by atoms with Gasteiger partial charge in [0.05, 0.1) is 21.5 Å². The summed E-state index contributed by atoms with van der Waals surface area (Å²) in [6, 6.07) is 14.2. The molecule has 6 nitrogen and oxygen atoms in total. The molecule has 0 unspecified atom stereocenters. The van der Waals surface area contributed by atoms with Crippen molar-refractivity contribution in [2.24, 2.45) is 10.1 Å². The van der Waals surface area contributed by atoms with E-state index in [0.717, 1.165) is 22.2 Å². The van der Waals surface area contributed by atoms with Gasteiger partial charge < -0.3 is 4.57 Å². The highest BCUT2D eigenvalue weighted by atomic mass is 32.2. The number of carbonyl (C=O) groups is 1. The molecule has 2 aromatic carbocycles. The lowest BCUT2D eigenvalue weighted by Crippen LogP contribution is -2.17. The molecule has 0 saturated heterocycles. The van der Waals surface area contributed by atoms with Gasteiger partial charge in [-0.15, -0.1) is 0 Å². The molecular weight excluding hydrogens is 370 g/mol. The highest BCUT2D eigenvalue weighted by Gasteiger charge is 2.13. The minimum atomic E-state index is -3.77. The molecule has 0 aliphatic rings. The van der Waals surface area contributed by atoms with Crippen LogP contribution in [-0.4, -0.2) is 18.9 Å². The molecule has 0 atom stereocenters. The molecule has 1 aromatic heterocycles. The van der Waals surface area contributed by atoms with E-state index in [-0.39, 0.29) is 17.2 Å². The number of hydrogen-bond donors (Lipinski definition) is 1. The van der Waals surface area contributed by atoms with Crippen LogP contribution < -0.4 is 9.94 Å². The first-order valence-corrected chi connectivity index (χ1v) is 10.5. The average molecular weight is 390 g/mol. The number of rotatable bonds is 5. The molecule has 3 rings (SSSR count). The van der Waals surface area contributed by atoms with Gasteiger partial charge in [0.15, 0.2) is 4.80 Å². The standard InChI is InChI=1S/C18H19N3O3S2/c1-2-10-21-15-9-8-14(26(19,23)24)12-16(15)25-18(21)20-17(22)11-13-6-4-3-5-7-13/h3-9,12H,2,10-11H2,1H3,(H2,19,23,24). The Kier molecular flexibility index (Phi) is 5.36. The van der Waals surface area contributed by atoms with Crippen LogP contribution in [0, 0.1) is 0 Å². The van der Waals surface area contributed by atoms with Gasteiger partial charge in [-0.1, -0.05) is 48.6 Å². The van der Waals surface area contributed by atoms with E-state index in [2.05, 4.69) is 4.99 Å². The number of sulfonamides is 1. The van der Waals surface area contributed by atoms with Crippen LogP contribution in [0.15, 0.2) is 58.4 Å². The van der Waals surface area contributed by atoms with Crippen molar-refractivity contribution in [1.82, 2.24) is 4.57 Å². The minimum Gasteiger partial charge on any atom is -0.316 e. The van der Waals surface area contributed by atoms with Crippen molar-refractivity contribution in [2.45, 2.75) is 31.2 Å². The number of nitrogens with zero attached hydrogens (tertiary/aromatic N) is 2. The number of thiazole rings is 1. The molecule has 0 radical (unpaired) electrons. The van der Waals surface area contributed by atoms with Gasteiger partial charge in [-0.25, -0.2) is 13.6 Å². The van der Waals surface area contributed by atoms with Gasteiger partial charge in [-0.05, 0) is 30.2 Å². The maximum absolute atomic E-state index is 12.4. The molecule has 0 aliphatic heterocycles. The Morgan fingerprint density at radius 3 is 2.58 bits per heavy atom. The average Bonchev–Trinajstić information content (AvgIpc) is 2.92. The van der Waals surface area contributed by atoms with Crippen LogP contribution in [0.1, 0.15) is 18.9 Å². The smallest absolute Gasteiger partial charge is 0.252 e. The number of hydrogen-bond acceptors (Lipinski definition) is 4. The van der Waals surface area contributed by atoms with Crippen LogP contribution in [0.3, 0.4) is 0 Å². The summed E-state index contributed by atoms with van der Waals surface area (Å²) < 4.78 is 25.8. The van der Waals surface area contributed by atoms with E-state index < -0.39 is 10.0 Å². The zero-order valence-corrected chi connectivity index (χ0v) is 15.9. The van der Waals surface area contributed by atoms with Crippen LogP contribution in [0.5, 0.6) is 0 Å². The summed E-state index contributed by atoms with van der Waals surface area (Å²) in [6.07, 6.45) is 1.09. The molecule has 1 heterocycles. The first-order valence-electron chi connectivity index (χ1n) is 8.16. The van der Waals surface area contributed by atoms with Crippen molar-refractivity contribution in [1.29, 1.82) is 0 Å². The Labute approximate surface area is 155 Å². The molecular formula is C18H19N3O3S2. The normalized spacial score (nSPS) is 12.6. The van der Waals surface area contributed by atoms with Crippen molar-refractivity contribution in [2.75, 3.05) is 0 Å². The molecule has 2 N–H and O–H groups in total. The van der Waals surface area contributed by atoms with E-state index in [0.29, 0.717) is 11.3 Å². The van der Waals surface area contributed by atoms with Crippen LogP contribution in [0.4, 0.5) is 0 Å². The molecule has 0 spiro atoms. The fourth-order valence-electron chi connectivity index (χ4n) is 2.67. The predicted octanol–water partition coefficient (Wildman–Crippen LogP) is 2.43. The highest BCUT2D eigenvalue weighted by Crippen LogP contribution is 2.21. The number of nitrogens with two attached hydrogens (primary N) is 1. The van der Waals surface area contributed by atoms with Crippen LogP contribution >= 0.6 is 11.3 Å². The number of fused-ring (bicyclic) bond motifs is 1. The summed E-state index contributed by atoms with van der Waals surface area (Å²) >= 11 is 1.29. The molecule has 8 heteroatoms. The summed E-state index contributed by atoms with van der Waals surface area (Å²) in [6.45, 7) is 2.72. The summed E-state index contributed by atoms with van der Waals surface area (Å²) in [7, 11) is -3.77. The van der Waals surface area contributed by atoms with Gasteiger partial charge in [0, 0.05) is 6.54 Å². The van der Waals surface area contributed by atoms with Gasteiger partial charge in [0.2, 0.25) is 10.0 Å². The number of aromatic nitrogens is 1. The topological polar surface area (TPSA) is 94.5 Å². The predicted molar refractivity (Wildman–Crippen MR) is 102 cm³/mol. The van der Waals surface area contributed by atoms with E-state index in [1.807, 2.05) is 41.8 Å². The lowest BCUT2D eigenvalue weighted by atomic mass is 10.1. The molecule has 26 heavy (non-hydrogen) atoms. The maximum atomic E-state index is 12.4. The Morgan fingerprint density at radius 2 is 1.92 bits per heavy atom. The SMILES string of the molecule is CCCn1c(=NC(=O)Cc2ccccc2)sc2cc(S(N)(=O)=O)ccc21. The molecule has 0 saturated carbocycles. The Balaban J connectivity index is 2.06. The van der Waals surface area contributed by atoms with Crippen molar-refractivity contribution >= 4 is 37.5 Å². The first kappa shape index (κ1) is 18.5. The molecule has 0 bridgehead atoms. The second-order valence-electron chi connectivity index (χ2n) is 5.88. The number of carbonyl (C=O) groups excluding carboxylic acids is 1. The maximum Gasteiger partial charge on any atom is 0.252 e. The van der Waals surface area contributed by atoms with Gasteiger partial charge >= 0.3 is 0 Å². The molecule has 136 valence electrons. The third kappa shape index (κ3) is 4.09. The third-order valence-electron chi connectivity index (χ3n) is 3.85. The van der Waals surface area contributed by atoms with Crippen LogP contribution in [0.2, 0.25) is 0 Å². The summed E-state index contributed by atoms with van der Waals surface area (Å²) in [4.78, 5) is 17.2. The Hall–Kier alpha value is -2.29. The van der Waals surface area contributed by atoms with E-state index in [1.165, 1.54) is 23.5 Å². The summed E-state index contributed by atoms with van der Waals surface area (Å²) in [5.74, 6) is -0.237. The molecule has 1 amide bonds. The van der Waals surface area contributed by atoms with Gasteiger partial charge in [0.25, 0.3) is 5.91 Å². The number of primary sulfonamides is 1. The quantitative estimate of drug-likeness (QED) is 0.726. The van der Waals surface area contributed by atoms with Gasteiger partial charge in [-0.2, -0.15) is 4.99 Å². The minimum absolute atomic E-state index is 0.0528. The van der Waals surface area contributed by atoms with Gasteiger partial charge in [-0.3, -0.25) is 4.79 Å². The second kappa shape index (κ2) is 7.53. The van der Waals surface area contributed by atoms with Crippen LogP contribution in [0.25, 0.3) is 10.2 Å². The van der Waals surface area contributed by atoms with Crippen molar-refractivity contribution in [3.05, 3.63) is 58.9 Å². The van der Waals surface area contributed by atoms with E-state index >= 15 is 0 Å². The van der Waals surface area contributed by atoms with Crippen molar-refractivity contribution < 1.29 is 13.2 Å². The highest BCUT2D eigenvalue weighted by molar-refractivity contribution is 7.89. The molecule has 0 fully saturated rings. The fourth-order valence-corrected chi connectivity index (χ4v) is 4.40. The Morgan fingerprint density at radius 1 is 1.19 bits per heavy atom. The van der Waals surface area contributed by atoms with E-state index in [1.54, 1.807) is 6.07 Å². The van der Waals surface area contributed by atoms with Crippen LogP contribution in [-0.2, 0) is 27.8 Å². The Bertz CT molecular complexity index is 1110. The van der Waals surface area contributed by atoms with E-state index in [4.69, 9.17) is 5.14 Å². The lowest BCUT2D eigenvalue weighted by Gasteiger charge is -2.03. The van der Waals surface area contributed by atoms with E-state index in [9.17, 15) is 13.2 Å². The largest absolute Gasteiger partial charge is 0.316 e. The summed E-state index contributed by atoms with van der Waals surface area (Å²) in [5, 5.41) is 5.21. The first-order chi connectivity index (χ1) is 12.4. The fraction of sp³-hybridized carbons (Fsp3) is 0.222. The zero-order valence-electron chi connectivity index (χ0n) is 14.3. The number of amides is 1. The van der Waals surface area contributed by atoms with Crippen molar-refractivity contribution in [3.63, 3.8) is 0 Å². The summed E-state index contributed by atoms with van der Waals surface area (Å²) in [5.41, 5.74) is 1.75. The lowest BCUT2D eigenvalue weighted by molar-refractivity contribution is -0.117. The van der Waals surface area contributed by atoms with Crippen molar-refractivity contribution in [3.8, 4) is 0 Å². The molecule has 0 aliphatic carbocycles.